The van der Waals surface area contributed by atoms with Crippen LogP contribution < -0.4 is 5.32 Å². The molecule has 1 aromatic rings. The van der Waals surface area contributed by atoms with Crippen LogP contribution in [0.3, 0.4) is 0 Å². The van der Waals surface area contributed by atoms with Gasteiger partial charge in [-0.05, 0) is 35.9 Å². The first-order valence-electron chi connectivity index (χ1n) is 7.94. The molecule has 1 nitrogen and oxygen atoms in total. The normalized spacial score (nSPS) is 13.2. The first kappa shape index (κ1) is 16.2. The number of aryl methyl sites for hydroxylation is 1. The Kier molecular flexibility index (Phi) is 7.15. The molecule has 0 amide bonds. The number of nitrogens with one attached hydrogen (secondary N) is 1. The minimum atomic E-state index is 0.478. The molecule has 0 saturated carbocycles. The number of benzene rings is 1. The Morgan fingerprint density at radius 2 is 1.53 bits per heavy atom. The van der Waals surface area contributed by atoms with E-state index < -0.39 is 0 Å². The van der Waals surface area contributed by atoms with Crippen LogP contribution in [-0.2, 0) is 6.42 Å². The molecule has 0 heterocycles. The molecule has 0 aliphatic carbocycles. The standard InChI is InChI=1S/C18H31N/c1-6-15(7-2)13-19-18(14(4)5)17-11-9-16(8-3)10-12-17/h9-12,14-15,18-19H,6-8,13H2,1-5H3. The fraction of sp³-hybridized carbons (Fsp3) is 0.667. The van der Waals surface area contributed by atoms with E-state index in [1.165, 1.54) is 24.0 Å². The lowest BCUT2D eigenvalue weighted by Crippen LogP contribution is -2.30. The minimum Gasteiger partial charge on any atom is -0.309 e. The Hall–Kier alpha value is -0.820. The molecular weight excluding hydrogens is 230 g/mol. The van der Waals surface area contributed by atoms with Crippen LogP contribution in [0.4, 0.5) is 0 Å². The van der Waals surface area contributed by atoms with Crippen molar-refractivity contribution in [1.82, 2.24) is 5.32 Å². The molecule has 0 saturated heterocycles. The molecule has 1 N–H and O–H groups in total. The lowest BCUT2D eigenvalue weighted by molar-refractivity contribution is 0.358. The predicted octanol–water partition coefficient (Wildman–Crippen LogP) is 4.97. The van der Waals surface area contributed by atoms with Gasteiger partial charge in [-0.1, -0.05) is 71.7 Å². The molecule has 0 aliphatic rings. The highest BCUT2D eigenvalue weighted by atomic mass is 14.9. The lowest BCUT2D eigenvalue weighted by Gasteiger charge is -2.25. The van der Waals surface area contributed by atoms with Gasteiger partial charge in [-0.3, -0.25) is 0 Å². The van der Waals surface area contributed by atoms with Gasteiger partial charge in [0.1, 0.15) is 0 Å². The van der Waals surface area contributed by atoms with Gasteiger partial charge >= 0.3 is 0 Å². The van der Waals surface area contributed by atoms with Gasteiger partial charge in [0.25, 0.3) is 0 Å². The van der Waals surface area contributed by atoms with Crippen LogP contribution in [0.15, 0.2) is 24.3 Å². The second kappa shape index (κ2) is 8.37. The Morgan fingerprint density at radius 1 is 0.947 bits per heavy atom. The summed E-state index contributed by atoms with van der Waals surface area (Å²) in [6.45, 7) is 12.5. The minimum absolute atomic E-state index is 0.478. The van der Waals surface area contributed by atoms with E-state index in [4.69, 9.17) is 0 Å². The van der Waals surface area contributed by atoms with Crippen molar-refractivity contribution in [2.45, 2.75) is 59.9 Å². The van der Waals surface area contributed by atoms with Crippen molar-refractivity contribution in [3.05, 3.63) is 35.4 Å². The van der Waals surface area contributed by atoms with Gasteiger partial charge in [0, 0.05) is 6.04 Å². The molecular formula is C18H31N. The summed E-state index contributed by atoms with van der Waals surface area (Å²) in [4.78, 5) is 0. The van der Waals surface area contributed by atoms with Gasteiger partial charge in [-0.25, -0.2) is 0 Å². The third-order valence-corrected chi connectivity index (χ3v) is 4.19. The van der Waals surface area contributed by atoms with Gasteiger partial charge < -0.3 is 5.32 Å². The lowest BCUT2D eigenvalue weighted by atomic mass is 9.93. The number of rotatable bonds is 8. The van der Waals surface area contributed by atoms with E-state index in [9.17, 15) is 0 Å². The van der Waals surface area contributed by atoms with Crippen molar-refractivity contribution >= 4 is 0 Å². The number of hydrogen-bond donors (Lipinski definition) is 1. The maximum Gasteiger partial charge on any atom is 0.0343 e. The van der Waals surface area contributed by atoms with Crippen LogP contribution >= 0.6 is 0 Å². The summed E-state index contributed by atoms with van der Waals surface area (Å²) in [5, 5.41) is 3.77. The van der Waals surface area contributed by atoms with Crippen LogP contribution in [0.5, 0.6) is 0 Å². The predicted molar refractivity (Wildman–Crippen MR) is 85.5 cm³/mol. The molecule has 108 valence electrons. The number of hydrogen-bond acceptors (Lipinski definition) is 1. The summed E-state index contributed by atoms with van der Waals surface area (Å²) in [5.74, 6) is 1.43. The summed E-state index contributed by atoms with van der Waals surface area (Å²) >= 11 is 0. The Labute approximate surface area is 119 Å². The first-order chi connectivity index (χ1) is 9.12. The van der Waals surface area contributed by atoms with Crippen molar-refractivity contribution in [3.63, 3.8) is 0 Å². The smallest absolute Gasteiger partial charge is 0.0343 e. The average molecular weight is 261 g/mol. The van der Waals surface area contributed by atoms with Crippen molar-refractivity contribution in [2.75, 3.05) is 6.54 Å². The summed E-state index contributed by atoms with van der Waals surface area (Å²) in [7, 11) is 0. The van der Waals surface area contributed by atoms with E-state index in [1.807, 2.05) is 0 Å². The summed E-state index contributed by atoms with van der Waals surface area (Å²) in [6.07, 6.45) is 3.65. The third kappa shape index (κ3) is 4.99. The molecule has 1 aromatic carbocycles. The molecule has 1 rings (SSSR count). The van der Waals surface area contributed by atoms with Gasteiger partial charge in [0.15, 0.2) is 0 Å². The Balaban J connectivity index is 2.70. The van der Waals surface area contributed by atoms with Crippen LogP contribution in [-0.4, -0.2) is 6.54 Å². The zero-order valence-electron chi connectivity index (χ0n) is 13.4. The third-order valence-electron chi connectivity index (χ3n) is 4.19. The van der Waals surface area contributed by atoms with Crippen molar-refractivity contribution in [2.24, 2.45) is 11.8 Å². The maximum absolute atomic E-state index is 3.77. The average Bonchev–Trinajstić information content (AvgIpc) is 2.43. The molecule has 0 aliphatic heterocycles. The molecule has 1 heteroatoms. The van der Waals surface area contributed by atoms with Crippen LogP contribution in [0, 0.1) is 11.8 Å². The maximum atomic E-state index is 3.77. The van der Waals surface area contributed by atoms with Crippen LogP contribution in [0.1, 0.15) is 64.6 Å². The van der Waals surface area contributed by atoms with Gasteiger partial charge in [0.2, 0.25) is 0 Å². The Bertz CT molecular complexity index is 335. The van der Waals surface area contributed by atoms with Crippen molar-refractivity contribution in [3.8, 4) is 0 Å². The zero-order chi connectivity index (χ0) is 14.3. The molecule has 0 spiro atoms. The summed E-state index contributed by atoms with van der Waals surface area (Å²) in [6, 6.07) is 9.60. The first-order valence-corrected chi connectivity index (χ1v) is 7.94. The van der Waals surface area contributed by atoms with Gasteiger partial charge in [-0.2, -0.15) is 0 Å². The second-order valence-electron chi connectivity index (χ2n) is 5.91. The van der Waals surface area contributed by atoms with E-state index in [0.717, 1.165) is 18.9 Å². The molecule has 1 atom stereocenters. The van der Waals surface area contributed by atoms with Crippen LogP contribution in [0.25, 0.3) is 0 Å². The topological polar surface area (TPSA) is 12.0 Å². The van der Waals surface area contributed by atoms with E-state index in [-0.39, 0.29) is 0 Å². The van der Waals surface area contributed by atoms with Gasteiger partial charge in [0.05, 0.1) is 0 Å². The Morgan fingerprint density at radius 3 is 1.95 bits per heavy atom. The largest absolute Gasteiger partial charge is 0.309 e. The van der Waals surface area contributed by atoms with E-state index >= 15 is 0 Å². The monoisotopic (exact) mass is 261 g/mol. The fourth-order valence-corrected chi connectivity index (χ4v) is 2.57. The quantitative estimate of drug-likeness (QED) is 0.696. The molecule has 0 fully saturated rings. The molecule has 0 radical (unpaired) electrons. The molecule has 19 heavy (non-hydrogen) atoms. The molecule has 0 bridgehead atoms. The van der Waals surface area contributed by atoms with Gasteiger partial charge in [-0.15, -0.1) is 0 Å². The zero-order valence-corrected chi connectivity index (χ0v) is 13.4. The SMILES string of the molecule is CCc1ccc(C(NCC(CC)CC)C(C)C)cc1. The highest BCUT2D eigenvalue weighted by Gasteiger charge is 2.16. The highest BCUT2D eigenvalue weighted by Crippen LogP contribution is 2.23. The fourth-order valence-electron chi connectivity index (χ4n) is 2.57. The van der Waals surface area contributed by atoms with E-state index in [1.54, 1.807) is 0 Å². The van der Waals surface area contributed by atoms with Crippen molar-refractivity contribution < 1.29 is 0 Å². The summed E-state index contributed by atoms with van der Waals surface area (Å²) in [5.41, 5.74) is 2.85. The summed E-state index contributed by atoms with van der Waals surface area (Å²) < 4.78 is 0. The highest BCUT2D eigenvalue weighted by molar-refractivity contribution is 5.25. The van der Waals surface area contributed by atoms with E-state index in [0.29, 0.717) is 12.0 Å². The second-order valence-corrected chi connectivity index (χ2v) is 5.91. The molecule has 0 aromatic heterocycles. The van der Waals surface area contributed by atoms with Crippen molar-refractivity contribution in [1.29, 1.82) is 0 Å². The molecule has 1 unspecified atom stereocenters. The van der Waals surface area contributed by atoms with E-state index in [2.05, 4.69) is 64.2 Å². The van der Waals surface area contributed by atoms with Crippen LogP contribution in [0.2, 0.25) is 0 Å².